The molecule has 1 fully saturated rings. The summed E-state index contributed by atoms with van der Waals surface area (Å²) in [5.74, 6) is 1.23. The van der Waals surface area contributed by atoms with Crippen LogP contribution >= 0.6 is 11.8 Å². The molecule has 1 aliphatic rings. The van der Waals surface area contributed by atoms with Crippen LogP contribution in [0.1, 0.15) is 39.5 Å². The molecule has 1 aliphatic carbocycles. The highest BCUT2D eigenvalue weighted by atomic mass is 32.2. The van der Waals surface area contributed by atoms with E-state index in [0.717, 1.165) is 18.2 Å². The Bertz CT molecular complexity index is 154. The van der Waals surface area contributed by atoms with E-state index < -0.39 is 0 Å². The minimum atomic E-state index is -0.159. The van der Waals surface area contributed by atoms with Gasteiger partial charge in [0.25, 0.3) is 0 Å². The van der Waals surface area contributed by atoms with Crippen molar-refractivity contribution in [1.82, 2.24) is 5.32 Å². The molecule has 1 rings (SSSR count). The fraction of sp³-hybridized carbons (Fsp3) is 1.00. The van der Waals surface area contributed by atoms with Crippen molar-refractivity contribution in [1.29, 1.82) is 0 Å². The molecule has 0 bridgehead atoms. The average Bonchev–Trinajstić information content (AvgIpc) is 2.63. The summed E-state index contributed by atoms with van der Waals surface area (Å²) in [4.78, 5) is 0. The van der Waals surface area contributed by atoms with Gasteiger partial charge in [0.1, 0.15) is 0 Å². The molecular weight excluding hydrogens is 194 g/mol. The van der Waals surface area contributed by atoms with Crippen LogP contribution in [0.2, 0.25) is 0 Å². The van der Waals surface area contributed by atoms with Crippen LogP contribution in [0.5, 0.6) is 0 Å². The van der Waals surface area contributed by atoms with Crippen molar-refractivity contribution in [3.8, 4) is 0 Å². The summed E-state index contributed by atoms with van der Waals surface area (Å²) < 4.78 is 0. The Morgan fingerprint density at radius 2 is 2.21 bits per heavy atom. The molecule has 2 nitrogen and oxygen atoms in total. The first kappa shape index (κ1) is 12.3. The third kappa shape index (κ3) is 4.20. The molecule has 0 aliphatic heterocycles. The van der Waals surface area contributed by atoms with E-state index in [4.69, 9.17) is 0 Å². The summed E-state index contributed by atoms with van der Waals surface area (Å²) in [5.41, 5.74) is 0. The molecule has 0 heterocycles. The van der Waals surface area contributed by atoms with E-state index in [9.17, 15) is 5.11 Å². The van der Waals surface area contributed by atoms with Gasteiger partial charge in [-0.15, -0.1) is 0 Å². The maximum absolute atomic E-state index is 9.42. The number of hydrogen-bond acceptors (Lipinski definition) is 3. The van der Waals surface area contributed by atoms with Crippen molar-refractivity contribution in [2.75, 3.05) is 12.3 Å². The van der Waals surface area contributed by atoms with Crippen molar-refractivity contribution in [2.45, 2.75) is 56.9 Å². The second kappa shape index (κ2) is 6.70. The van der Waals surface area contributed by atoms with E-state index in [1.807, 2.05) is 6.92 Å². The molecule has 84 valence electrons. The van der Waals surface area contributed by atoms with Crippen LogP contribution in [0, 0.1) is 0 Å². The molecule has 0 amide bonds. The molecule has 0 aromatic carbocycles. The summed E-state index contributed by atoms with van der Waals surface area (Å²) in [5, 5.41) is 13.7. The Labute approximate surface area is 91.9 Å². The van der Waals surface area contributed by atoms with Gasteiger partial charge in [0.15, 0.2) is 0 Å². The second-order valence-electron chi connectivity index (χ2n) is 4.06. The van der Waals surface area contributed by atoms with Crippen molar-refractivity contribution in [2.24, 2.45) is 0 Å². The quantitative estimate of drug-likeness (QED) is 0.714. The summed E-state index contributed by atoms with van der Waals surface area (Å²) in [6.45, 7) is 5.02. The zero-order valence-electron chi connectivity index (χ0n) is 9.33. The molecule has 0 radical (unpaired) electrons. The Morgan fingerprint density at radius 1 is 1.43 bits per heavy atom. The lowest BCUT2D eigenvalue weighted by Gasteiger charge is -2.15. The molecule has 14 heavy (non-hydrogen) atoms. The van der Waals surface area contributed by atoms with Crippen molar-refractivity contribution in [3.63, 3.8) is 0 Å². The van der Waals surface area contributed by atoms with Crippen LogP contribution in [-0.4, -0.2) is 34.8 Å². The number of nitrogens with one attached hydrogen (secondary N) is 1. The lowest BCUT2D eigenvalue weighted by atomic mass is 10.2. The summed E-state index contributed by atoms with van der Waals surface area (Å²) in [6.07, 6.45) is 4.61. The fourth-order valence-electron chi connectivity index (χ4n) is 1.96. The van der Waals surface area contributed by atoms with Gasteiger partial charge in [-0.3, -0.25) is 0 Å². The molecule has 3 heteroatoms. The lowest BCUT2D eigenvalue weighted by Crippen LogP contribution is -2.33. The SMILES string of the molecule is CCSC1CCC(NCC(O)CC)C1. The number of hydrogen-bond donors (Lipinski definition) is 2. The number of aliphatic hydroxyl groups excluding tert-OH is 1. The van der Waals surface area contributed by atoms with Gasteiger partial charge >= 0.3 is 0 Å². The maximum Gasteiger partial charge on any atom is 0.0662 e. The maximum atomic E-state index is 9.42. The molecule has 1 saturated carbocycles. The van der Waals surface area contributed by atoms with Crippen molar-refractivity contribution in [3.05, 3.63) is 0 Å². The van der Waals surface area contributed by atoms with Crippen LogP contribution in [0.15, 0.2) is 0 Å². The standard InChI is InChI=1S/C11H23NOS/c1-3-10(13)8-12-9-5-6-11(7-9)14-4-2/h9-13H,3-8H2,1-2H3. The molecule has 0 aromatic rings. The largest absolute Gasteiger partial charge is 0.392 e. The van der Waals surface area contributed by atoms with Gasteiger partial charge in [0, 0.05) is 17.8 Å². The van der Waals surface area contributed by atoms with Gasteiger partial charge in [0.2, 0.25) is 0 Å². The number of rotatable bonds is 6. The normalized spacial score (nSPS) is 29.4. The monoisotopic (exact) mass is 217 g/mol. The van der Waals surface area contributed by atoms with Crippen LogP contribution in [0.4, 0.5) is 0 Å². The highest BCUT2D eigenvalue weighted by molar-refractivity contribution is 7.99. The fourth-order valence-corrected chi connectivity index (χ4v) is 3.10. The molecule has 0 spiro atoms. The minimum Gasteiger partial charge on any atom is -0.392 e. The first-order chi connectivity index (χ1) is 6.76. The predicted molar refractivity (Wildman–Crippen MR) is 63.9 cm³/mol. The van der Waals surface area contributed by atoms with Gasteiger partial charge < -0.3 is 10.4 Å². The van der Waals surface area contributed by atoms with Gasteiger partial charge in [-0.1, -0.05) is 13.8 Å². The van der Waals surface area contributed by atoms with E-state index in [2.05, 4.69) is 24.0 Å². The average molecular weight is 217 g/mol. The van der Waals surface area contributed by atoms with Gasteiger partial charge in [-0.2, -0.15) is 11.8 Å². The van der Waals surface area contributed by atoms with Crippen LogP contribution in [0.3, 0.4) is 0 Å². The summed E-state index contributed by atoms with van der Waals surface area (Å²) >= 11 is 2.08. The third-order valence-corrected chi connectivity index (χ3v) is 4.13. The molecule has 3 atom stereocenters. The van der Waals surface area contributed by atoms with E-state index in [1.165, 1.54) is 25.0 Å². The van der Waals surface area contributed by atoms with Gasteiger partial charge in [-0.25, -0.2) is 0 Å². The Kier molecular flexibility index (Phi) is 5.90. The summed E-state index contributed by atoms with van der Waals surface area (Å²) in [6, 6.07) is 0.653. The van der Waals surface area contributed by atoms with Crippen LogP contribution < -0.4 is 5.32 Å². The van der Waals surface area contributed by atoms with E-state index in [0.29, 0.717) is 6.04 Å². The number of thioether (sulfide) groups is 1. The molecule has 3 unspecified atom stereocenters. The number of aliphatic hydroxyl groups is 1. The van der Waals surface area contributed by atoms with Gasteiger partial charge in [-0.05, 0) is 31.4 Å². The van der Waals surface area contributed by atoms with E-state index in [1.54, 1.807) is 0 Å². The van der Waals surface area contributed by atoms with Crippen LogP contribution in [-0.2, 0) is 0 Å². The van der Waals surface area contributed by atoms with E-state index >= 15 is 0 Å². The van der Waals surface area contributed by atoms with Crippen molar-refractivity contribution >= 4 is 11.8 Å². The van der Waals surface area contributed by atoms with Gasteiger partial charge in [0.05, 0.1) is 6.10 Å². The Balaban J connectivity index is 2.09. The molecular formula is C11H23NOS. The third-order valence-electron chi connectivity index (χ3n) is 2.90. The second-order valence-corrected chi connectivity index (χ2v) is 5.63. The topological polar surface area (TPSA) is 32.3 Å². The van der Waals surface area contributed by atoms with Crippen LogP contribution in [0.25, 0.3) is 0 Å². The van der Waals surface area contributed by atoms with Crippen molar-refractivity contribution < 1.29 is 5.11 Å². The molecule has 0 aromatic heterocycles. The first-order valence-corrected chi connectivity index (χ1v) is 6.84. The lowest BCUT2D eigenvalue weighted by molar-refractivity contribution is 0.163. The highest BCUT2D eigenvalue weighted by Gasteiger charge is 2.24. The smallest absolute Gasteiger partial charge is 0.0662 e. The predicted octanol–water partition coefficient (Wildman–Crippen LogP) is 2.02. The zero-order chi connectivity index (χ0) is 10.4. The first-order valence-electron chi connectivity index (χ1n) is 5.79. The highest BCUT2D eigenvalue weighted by Crippen LogP contribution is 2.29. The van der Waals surface area contributed by atoms with E-state index in [-0.39, 0.29) is 6.10 Å². The zero-order valence-corrected chi connectivity index (χ0v) is 10.1. The molecule has 0 saturated heterocycles. The molecule has 2 N–H and O–H groups in total. The minimum absolute atomic E-state index is 0.159. The summed E-state index contributed by atoms with van der Waals surface area (Å²) in [7, 11) is 0. The Hall–Kier alpha value is 0.270. The Morgan fingerprint density at radius 3 is 2.86 bits per heavy atom.